The van der Waals surface area contributed by atoms with Gasteiger partial charge in [-0.05, 0) is 6.42 Å². The Morgan fingerprint density at radius 1 is 0.438 bits per heavy atom. The summed E-state index contributed by atoms with van der Waals surface area (Å²) in [6.45, 7) is 8.78. The van der Waals surface area contributed by atoms with E-state index in [2.05, 4.69) is 6.92 Å². The SMILES string of the molecule is CCCCCCCCCCCCCCCCC(CO[C@H]1O[C@@H](COC(C)=O)[C@H](O[C@H]2O[C@H](COC(C)=O)[C@H](OC(C)=O)[C@H](OC(C)=O)[C@H]2OC(C)=O)[C@@H](OC(C)=O)[C@@H]1OC(C)=O)OC. The van der Waals surface area contributed by atoms with Crippen LogP contribution in [0.2, 0.25) is 0 Å². The number of hydrogen-bond acceptors (Lipinski definition) is 19. The predicted molar refractivity (Wildman–Crippen MR) is 225 cm³/mol. The summed E-state index contributed by atoms with van der Waals surface area (Å²) in [6.07, 6.45) is 1.91. The van der Waals surface area contributed by atoms with E-state index >= 15 is 0 Å². The van der Waals surface area contributed by atoms with Gasteiger partial charge in [-0.25, -0.2) is 0 Å². The standard InChI is InChI=1S/C45H74O19/c1-10-11-12-13-14-15-16-17-18-19-20-21-22-23-24-35(53-9)25-56-44-42(60-33(7)51)41(59-32(6)50)39(37(62-44)27-55-29(3)47)64-45-43(61-34(8)52)40(58-31(5)49)38(57-30(4)48)36(63-45)26-54-28(2)46/h35-45H,10-27H2,1-9H3/t35?,36-,37+,38+,39+,40+,41-,42+,43-,44+,45-/m1/s1. The first kappa shape index (κ1) is 56.2. The van der Waals surface area contributed by atoms with E-state index in [0.29, 0.717) is 6.42 Å². The van der Waals surface area contributed by atoms with Crippen molar-refractivity contribution in [2.24, 2.45) is 0 Å². The second kappa shape index (κ2) is 31.1. The second-order valence-corrected chi connectivity index (χ2v) is 16.2. The number of methoxy groups -OCH3 is 1. The molecule has 0 N–H and O–H groups in total. The van der Waals surface area contributed by atoms with Crippen LogP contribution in [0, 0.1) is 0 Å². The number of rotatable bonds is 30. The molecule has 0 amide bonds. The van der Waals surface area contributed by atoms with Crippen LogP contribution in [-0.4, -0.2) is 136 Å². The predicted octanol–water partition coefficient (Wildman–Crippen LogP) is 5.51. The number of esters is 7. The van der Waals surface area contributed by atoms with Crippen LogP contribution in [-0.2, 0) is 90.4 Å². The molecule has 0 aromatic carbocycles. The summed E-state index contributed by atoms with van der Waals surface area (Å²) in [5.41, 5.74) is 0. The molecule has 0 saturated carbocycles. The van der Waals surface area contributed by atoms with E-state index in [0.717, 1.165) is 74.1 Å². The largest absolute Gasteiger partial charge is 0.463 e. The zero-order valence-electron chi connectivity index (χ0n) is 39.3. The first-order chi connectivity index (χ1) is 30.5. The molecule has 19 nitrogen and oxygen atoms in total. The molecule has 19 heteroatoms. The minimum Gasteiger partial charge on any atom is -0.463 e. The quantitative estimate of drug-likeness (QED) is 0.0491. The van der Waals surface area contributed by atoms with Crippen molar-refractivity contribution in [1.29, 1.82) is 0 Å². The lowest BCUT2D eigenvalue weighted by Crippen LogP contribution is -2.67. The van der Waals surface area contributed by atoms with Crippen LogP contribution in [0.3, 0.4) is 0 Å². The van der Waals surface area contributed by atoms with Gasteiger partial charge in [-0.2, -0.15) is 0 Å². The number of carbonyl (C=O) groups excluding carboxylic acids is 7. The smallest absolute Gasteiger partial charge is 0.303 e. The molecule has 2 aliphatic rings. The fourth-order valence-electron chi connectivity index (χ4n) is 7.64. The van der Waals surface area contributed by atoms with Crippen molar-refractivity contribution in [3.63, 3.8) is 0 Å². The Balaban J connectivity index is 2.33. The minimum atomic E-state index is -1.79. The van der Waals surface area contributed by atoms with Crippen LogP contribution in [0.25, 0.3) is 0 Å². The van der Waals surface area contributed by atoms with Gasteiger partial charge in [-0.1, -0.05) is 96.8 Å². The highest BCUT2D eigenvalue weighted by atomic mass is 16.8. The van der Waals surface area contributed by atoms with Crippen molar-refractivity contribution >= 4 is 41.8 Å². The van der Waals surface area contributed by atoms with Gasteiger partial charge in [-0.3, -0.25) is 33.6 Å². The number of ether oxygens (including phenoxy) is 12. The van der Waals surface area contributed by atoms with Crippen LogP contribution >= 0.6 is 0 Å². The molecule has 2 fully saturated rings. The van der Waals surface area contributed by atoms with Crippen LogP contribution < -0.4 is 0 Å². The van der Waals surface area contributed by atoms with E-state index in [1.165, 1.54) is 64.2 Å². The number of unbranched alkanes of at least 4 members (excludes halogenated alkanes) is 13. The van der Waals surface area contributed by atoms with Crippen LogP contribution in [0.15, 0.2) is 0 Å². The Hall–Kier alpha value is -3.91. The molecule has 0 aromatic rings. The van der Waals surface area contributed by atoms with Gasteiger partial charge in [0.1, 0.15) is 31.5 Å². The van der Waals surface area contributed by atoms with E-state index in [9.17, 15) is 33.6 Å². The zero-order chi connectivity index (χ0) is 47.6. The summed E-state index contributed by atoms with van der Waals surface area (Å²) in [5, 5.41) is 0. The molecule has 64 heavy (non-hydrogen) atoms. The maximum absolute atomic E-state index is 12.8. The van der Waals surface area contributed by atoms with Crippen LogP contribution in [0.1, 0.15) is 152 Å². The average molecular weight is 919 g/mol. The molecule has 2 saturated heterocycles. The first-order valence-electron chi connectivity index (χ1n) is 22.7. The highest BCUT2D eigenvalue weighted by molar-refractivity contribution is 5.69. The van der Waals surface area contributed by atoms with E-state index < -0.39 is 123 Å². The van der Waals surface area contributed by atoms with Gasteiger partial charge in [0, 0.05) is 55.6 Å². The molecule has 1 unspecified atom stereocenters. The topological polar surface area (TPSA) is 230 Å². The number of hydrogen-bond donors (Lipinski definition) is 0. The summed E-state index contributed by atoms with van der Waals surface area (Å²) in [4.78, 5) is 86.7. The molecule has 0 spiro atoms. The normalized spacial score (nSPS) is 25.9. The van der Waals surface area contributed by atoms with Crippen LogP contribution in [0.5, 0.6) is 0 Å². The minimum absolute atomic E-state index is 0.0321. The Morgan fingerprint density at radius 2 is 0.797 bits per heavy atom. The van der Waals surface area contributed by atoms with Gasteiger partial charge >= 0.3 is 41.8 Å². The van der Waals surface area contributed by atoms with Gasteiger partial charge in [-0.15, -0.1) is 0 Å². The van der Waals surface area contributed by atoms with Crippen molar-refractivity contribution in [2.75, 3.05) is 26.9 Å². The molecular weight excluding hydrogens is 844 g/mol. The molecular formula is C45H74O19. The highest BCUT2D eigenvalue weighted by Crippen LogP contribution is 2.36. The third-order valence-electron chi connectivity index (χ3n) is 10.5. The van der Waals surface area contributed by atoms with Gasteiger partial charge in [0.05, 0.1) is 12.7 Å². The third kappa shape index (κ3) is 21.8. The molecule has 11 atom stereocenters. The summed E-state index contributed by atoms with van der Waals surface area (Å²) < 4.78 is 69.2. The molecule has 2 aliphatic heterocycles. The van der Waals surface area contributed by atoms with E-state index in [1.807, 2.05) is 0 Å². The van der Waals surface area contributed by atoms with Crippen molar-refractivity contribution in [1.82, 2.24) is 0 Å². The highest BCUT2D eigenvalue weighted by Gasteiger charge is 2.57. The van der Waals surface area contributed by atoms with Crippen molar-refractivity contribution in [3.8, 4) is 0 Å². The Morgan fingerprint density at radius 3 is 1.22 bits per heavy atom. The fourth-order valence-corrected chi connectivity index (χ4v) is 7.64. The maximum Gasteiger partial charge on any atom is 0.303 e. The third-order valence-corrected chi connectivity index (χ3v) is 10.5. The van der Waals surface area contributed by atoms with E-state index in [1.54, 1.807) is 7.11 Å². The molecule has 0 aromatic heterocycles. The van der Waals surface area contributed by atoms with Gasteiger partial charge in [0.15, 0.2) is 43.1 Å². The molecule has 0 radical (unpaired) electrons. The molecule has 0 aliphatic carbocycles. The van der Waals surface area contributed by atoms with Gasteiger partial charge in [0.2, 0.25) is 0 Å². The lowest BCUT2D eigenvalue weighted by Gasteiger charge is -2.48. The van der Waals surface area contributed by atoms with E-state index in [4.69, 9.17) is 56.8 Å². The molecule has 0 bridgehead atoms. The summed E-state index contributed by atoms with van der Waals surface area (Å²) >= 11 is 0. The fraction of sp³-hybridized carbons (Fsp3) is 0.844. The summed E-state index contributed by atoms with van der Waals surface area (Å²) in [5.74, 6) is -5.75. The lowest BCUT2D eigenvalue weighted by molar-refractivity contribution is -0.362. The Kier molecular flexibility index (Phi) is 27.3. The van der Waals surface area contributed by atoms with Crippen molar-refractivity contribution < 1.29 is 90.4 Å². The molecule has 2 heterocycles. The van der Waals surface area contributed by atoms with Gasteiger partial charge in [0.25, 0.3) is 0 Å². The Labute approximate surface area is 377 Å². The number of carbonyl (C=O) groups is 7. The average Bonchev–Trinajstić information content (AvgIpc) is 3.20. The maximum atomic E-state index is 12.8. The second-order valence-electron chi connectivity index (χ2n) is 16.2. The summed E-state index contributed by atoms with van der Waals surface area (Å²) in [7, 11) is 1.55. The van der Waals surface area contributed by atoms with Crippen molar-refractivity contribution in [2.45, 2.75) is 219 Å². The first-order valence-corrected chi connectivity index (χ1v) is 22.7. The molecule has 368 valence electrons. The monoisotopic (exact) mass is 918 g/mol. The lowest BCUT2D eigenvalue weighted by atomic mass is 9.96. The van der Waals surface area contributed by atoms with Gasteiger partial charge < -0.3 is 56.8 Å². The summed E-state index contributed by atoms with van der Waals surface area (Å²) in [6, 6.07) is 0. The zero-order valence-corrected chi connectivity index (χ0v) is 39.3. The van der Waals surface area contributed by atoms with Crippen molar-refractivity contribution in [3.05, 3.63) is 0 Å². The molecule has 2 rings (SSSR count). The van der Waals surface area contributed by atoms with Crippen LogP contribution in [0.4, 0.5) is 0 Å². The van der Waals surface area contributed by atoms with E-state index in [-0.39, 0.29) is 6.61 Å². The Bertz CT molecular complexity index is 1440.